The highest BCUT2D eigenvalue weighted by molar-refractivity contribution is 7.12. The van der Waals surface area contributed by atoms with Crippen LogP contribution in [0.25, 0.3) is 0 Å². The highest BCUT2D eigenvalue weighted by Gasteiger charge is 2.24. The third kappa shape index (κ3) is 3.54. The summed E-state index contributed by atoms with van der Waals surface area (Å²) in [5, 5.41) is 3.51. The Labute approximate surface area is 131 Å². The van der Waals surface area contributed by atoms with Crippen LogP contribution in [0.15, 0.2) is 36.4 Å². The topological polar surface area (TPSA) is 15.3 Å². The van der Waals surface area contributed by atoms with Gasteiger partial charge >= 0.3 is 0 Å². The summed E-state index contributed by atoms with van der Waals surface area (Å²) in [7, 11) is 0. The standard InChI is InChI=1S/C18H24N2S/c1-14-5-3-6-16(13-14)18(17-8-7-15(2)21-17)20-11-4-9-19-10-12-20/h3,5-8,13,18-19H,4,9-12H2,1-2H3. The molecule has 0 radical (unpaired) electrons. The van der Waals surface area contributed by atoms with Crippen LogP contribution < -0.4 is 5.32 Å². The van der Waals surface area contributed by atoms with E-state index in [-0.39, 0.29) is 0 Å². The maximum atomic E-state index is 3.51. The lowest BCUT2D eigenvalue weighted by molar-refractivity contribution is 0.244. The number of hydrogen-bond acceptors (Lipinski definition) is 3. The molecule has 0 saturated carbocycles. The van der Waals surface area contributed by atoms with Crippen molar-refractivity contribution in [2.75, 3.05) is 26.2 Å². The maximum Gasteiger partial charge on any atom is 0.0696 e. The molecule has 1 unspecified atom stereocenters. The molecule has 1 aliphatic heterocycles. The van der Waals surface area contributed by atoms with Gasteiger partial charge in [-0.05, 0) is 44.5 Å². The van der Waals surface area contributed by atoms with E-state index in [2.05, 4.69) is 60.5 Å². The first kappa shape index (κ1) is 14.8. The summed E-state index contributed by atoms with van der Waals surface area (Å²) in [4.78, 5) is 5.51. The lowest BCUT2D eigenvalue weighted by Crippen LogP contribution is -2.32. The molecule has 1 fully saturated rings. The number of nitrogens with one attached hydrogen (secondary N) is 1. The van der Waals surface area contributed by atoms with Crippen molar-refractivity contribution in [3.05, 3.63) is 57.3 Å². The largest absolute Gasteiger partial charge is 0.315 e. The van der Waals surface area contributed by atoms with E-state index < -0.39 is 0 Å². The van der Waals surface area contributed by atoms with E-state index in [0.717, 1.165) is 19.6 Å². The predicted molar refractivity (Wildman–Crippen MR) is 91.1 cm³/mol. The lowest BCUT2D eigenvalue weighted by Gasteiger charge is -2.30. The number of aryl methyl sites for hydroxylation is 2. The van der Waals surface area contributed by atoms with E-state index in [4.69, 9.17) is 0 Å². The molecule has 1 aromatic heterocycles. The molecule has 0 aliphatic carbocycles. The minimum absolute atomic E-state index is 0.406. The number of rotatable bonds is 3. The van der Waals surface area contributed by atoms with Gasteiger partial charge in [-0.1, -0.05) is 29.8 Å². The number of thiophene rings is 1. The minimum Gasteiger partial charge on any atom is -0.315 e. The van der Waals surface area contributed by atoms with Crippen LogP contribution in [0.3, 0.4) is 0 Å². The molecule has 1 N–H and O–H groups in total. The van der Waals surface area contributed by atoms with Crippen LogP contribution >= 0.6 is 11.3 Å². The Kier molecular flexibility index (Phi) is 4.73. The average molecular weight is 300 g/mol. The van der Waals surface area contributed by atoms with Gasteiger partial charge in [0, 0.05) is 29.4 Å². The molecule has 2 aromatic rings. The first-order valence-corrected chi connectivity index (χ1v) is 8.63. The zero-order valence-electron chi connectivity index (χ0n) is 12.9. The van der Waals surface area contributed by atoms with Crippen LogP contribution in [0, 0.1) is 13.8 Å². The summed E-state index contributed by atoms with van der Waals surface area (Å²) in [6.45, 7) is 8.90. The number of hydrogen-bond donors (Lipinski definition) is 1. The molecule has 0 amide bonds. The van der Waals surface area contributed by atoms with Gasteiger partial charge in [0.2, 0.25) is 0 Å². The second kappa shape index (κ2) is 6.73. The fraction of sp³-hybridized carbons (Fsp3) is 0.444. The molecular formula is C18H24N2S. The molecule has 1 aromatic carbocycles. The van der Waals surface area contributed by atoms with Gasteiger partial charge in [0.05, 0.1) is 6.04 Å². The van der Waals surface area contributed by atoms with Crippen molar-refractivity contribution in [2.24, 2.45) is 0 Å². The van der Waals surface area contributed by atoms with Crippen LogP contribution in [0.5, 0.6) is 0 Å². The second-order valence-corrected chi connectivity index (χ2v) is 7.22. The SMILES string of the molecule is Cc1cccc(C(c2ccc(C)s2)N2CCCNCC2)c1. The molecule has 1 atom stereocenters. The summed E-state index contributed by atoms with van der Waals surface area (Å²) >= 11 is 1.93. The van der Waals surface area contributed by atoms with Crippen molar-refractivity contribution in [2.45, 2.75) is 26.3 Å². The zero-order chi connectivity index (χ0) is 14.7. The lowest BCUT2D eigenvalue weighted by atomic mass is 10.0. The van der Waals surface area contributed by atoms with E-state index in [1.54, 1.807) is 0 Å². The van der Waals surface area contributed by atoms with Crippen LogP contribution in [-0.2, 0) is 0 Å². The Hall–Kier alpha value is -1.16. The quantitative estimate of drug-likeness (QED) is 0.928. The van der Waals surface area contributed by atoms with Crippen molar-refractivity contribution < 1.29 is 0 Å². The van der Waals surface area contributed by atoms with Gasteiger partial charge in [-0.3, -0.25) is 4.90 Å². The molecule has 21 heavy (non-hydrogen) atoms. The van der Waals surface area contributed by atoms with Crippen molar-refractivity contribution in [3.8, 4) is 0 Å². The summed E-state index contributed by atoms with van der Waals surface area (Å²) in [6.07, 6.45) is 1.23. The van der Waals surface area contributed by atoms with Crippen molar-refractivity contribution in [3.63, 3.8) is 0 Å². The highest BCUT2D eigenvalue weighted by Crippen LogP contribution is 2.34. The van der Waals surface area contributed by atoms with Crippen LogP contribution in [0.1, 0.15) is 33.3 Å². The Morgan fingerprint density at radius 3 is 2.76 bits per heavy atom. The molecule has 3 rings (SSSR count). The smallest absolute Gasteiger partial charge is 0.0696 e. The van der Waals surface area contributed by atoms with Gasteiger partial charge < -0.3 is 5.32 Å². The molecule has 1 aliphatic rings. The van der Waals surface area contributed by atoms with Crippen molar-refractivity contribution in [1.29, 1.82) is 0 Å². The monoisotopic (exact) mass is 300 g/mol. The molecule has 112 valence electrons. The van der Waals surface area contributed by atoms with Crippen LogP contribution in [0.4, 0.5) is 0 Å². The normalized spacial score (nSPS) is 18.4. The van der Waals surface area contributed by atoms with Gasteiger partial charge in [-0.2, -0.15) is 0 Å². The first-order valence-electron chi connectivity index (χ1n) is 7.82. The highest BCUT2D eigenvalue weighted by atomic mass is 32.1. The van der Waals surface area contributed by atoms with Gasteiger partial charge in [0.25, 0.3) is 0 Å². The Morgan fingerprint density at radius 1 is 1.10 bits per heavy atom. The van der Waals surface area contributed by atoms with Gasteiger partial charge in [0.1, 0.15) is 0 Å². The second-order valence-electron chi connectivity index (χ2n) is 5.90. The summed E-state index contributed by atoms with van der Waals surface area (Å²) in [5.41, 5.74) is 2.78. The Balaban J connectivity index is 1.97. The van der Waals surface area contributed by atoms with E-state index in [9.17, 15) is 0 Å². The van der Waals surface area contributed by atoms with E-state index in [1.807, 2.05) is 11.3 Å². The van der Waals surface area contributed by atoms with Crippen molar-refractivity contribution >= 4 is 11.3 Å². The van der Waals surface area contributed by atoms with Gasteiger partial charge in [-0.15, -0.1) is 11.3 Å². The Bertz CT molecular complexity index is 582. The maximum absolute atomic E-state index is 3.51. The minimum atomic E-state index is 0.406. The zero-order valence-corrected chi connectivity index (χ0v) is 13.7. The third-order valence-electron chi connectivity index (χ3n) is 4.13. The average Bonchev–Trinajstić information content (AvgIpc) is 2.73. The molecule has 0 spiro atoms. The first-order chi connectivity index (χ1) is 10.2. The summed E-state index contributed by atoms with van der Waals surface area (Å²) in [6, 6.07) is 14.0. The third-order valence-corrected chi connectivity index (χ3v) is 5.18. The summed E-state index contributed by atoms with van der Waals surface area (Å²) in [5.74, 6) is 0. The van der Waals surface area contributed by atoms with Gasteiger partial charge in [0.15, 0.2) is 0 Å². The molecule has 0 bridgehead atoms. The van der Waals surface area contributed by atoms with E-state index in [1.165, 1.54) is 33.8 Å². The molecule has 2 heterocycles. The van der Waals surface area contributed by atoms with Crippen LogP contribution in [-0.4, -0.2) is 31.1 Å². The molecule has 3 heteroatoms. The molecule has 2 nitrogen and oxygen atoms in total. The summed E-state index contributed by atoms with van der Waals surface area (Å²) < 4.78 is 0. The van der Waals surface area contributed by atoms with Gasteiger partial charge in [-0.25, -0.2) is 0 Å². The van der Waals surface area contributed by atoms with Crippen LogP contribution in [0.2, 0.25) is 0 Å². The number of benzene rings is 1. The molecule has 1 saturated heterocycles. The molecular weight excluding hydrogens is 276 g/mol. The van der Waals surface area contributed by atoms with E-state index in [0.29, 0.717) is 6.04 Å². The predicted octanol–water partition coefficient (Wildman–Crippen LogP) is 3.75. The van der Waals surface area contributed by atoms with Crippen molar-refractivity contribution in [1.82, 2.24) is 10.2 Å². The fourth-order valence-electron chi connectivity index (χ4n) is 3.12. The number of nitrogens with zero attached hydrogens (tertiary/aromatic N) is 1. The van der Waals surface area contributed by atoms with E-state index >= 15 is 0 Å². The Morgan fingerprint density at radius 2 is 2.00 bits per heavy atom. The fourth-order valence-corrected chi connectivity index (χ4v) is 4.16.